The Kier molecular flexibility index (Phi) is 4.51. The monoisotopic (exact) mass is 288 g/mol. The summed E-state index contributed by atoms with van der Waals surface area (Å²) in [5, 5.41) is 3.79. The first-order valence-electron chi connectivity index (χ1n) is 8.30. The summed E-state index contributed by atoms with van der Waals surface area (Å²) in [6.45, 7) is 9.22. The van der Waals surface area contributed by atoms with Crippen molar-refractivity contribution < 1.29 is 4.74 Å². The van der Waals surface area contributed by atoms with Crippen molar-refractivity contribution in [2.75, 3.05) is 26.7 Å². The van der Waals surface area contributed by atoms with E-state index in [1.165, 1.54) is 43.6 Å². The predicted octanol–water partition coefficient (Wildman–Crippen LogP) is 3.00. The number of nitrogens with zero attached hydrogens (tertiary/aromatic N) is 1. The van der Waals surface area contributed by atoms with Gasteiger partial charge in [0, 0.05) is 24.7 Å². The molecular formula is C18H28N2O. The smallest absolute Gasteiger partial charge is 0.123 e. The number of hydrogen-bond acceptors (Lipinski definition) is 3. The molecule has 1 atom stereocenters. The molecular weight excluding hydrogens is 260 g/mol. The topological polar surface area (TPSA) is 24.5 Å². The molecule has 0 radical (unpaired) electrons. The fourth-order valence-corrected chi connectivity index (χ4v) is 3.73. The number of piperidine rings is 3. The Morgan fingerprint density at radius 2 is 2.05 bits per heavy atom. The van der Waals surface area contributed by atoms with Gasteiger partial charge in [0.15, 0.2) is 0 Å². The van der Waals surface area contributed by atoms with E-state index >= 15 is 0 Å². The molecule has 1 aromatic carbocycles. The van der Waals surface area contributed by atoms with Crippen LogP contribution in [0.2, 0.25) is 0 Å². The van der Waals surface area contributed by atoms with Gasteiger partial charge in [0.05, 0.1) is 7.11 Å². The fourth-order valence-electron chi connectivity index (χ4n) is 3.73. The maximum absolute atomic E-state index is 5.53. The second kappa shape index (κ2) is 6.37. The van der Waals surface area contributed by atoms with Gasteiger partial charge in [-0.25, -0.2) is 0 Å². The van der Waals surface area contributed by atoms with E-state index in [0.29, 0.717) is 12.0 Å². The van der Waals surface area contributed by atoms with Gasteiger partial charge in [-0.2, -0.15) is 0 Å². The Labute approximate surface area is 128 Å². The third-order valence-electron chi connectivity index (χ3n) is 5.18. The first kappa shape index (κ1) is 14.9. The number of benzene rings is 1. The van der Waals surface area contributed by atoms with Crippen LogP contribution in [0.5, 0.6) is 5.75 Å². The molecule has 1 N–H and O–H groups in total. The molecule has 0 aliphatic carbocycles. The number of ether oxygens (including phenoxy) is 1. The summed E-state index contributed by atoms with van der Waals surface area (Å²) in [5.41, 5.74) is 2.68. The van der Waals surface area contributed by atoms with E-state index < -0.39 is 0 Å². The molecule has 4 rings (SSSR count). The maximum Gasteiger partial charge on any atom is 0.123 e. The van der Waals surface area contributed by atoms with Crippen LogP contribution in [-0.2, 0) is 6.54 Å². The van der Waals surface area contributed by atoms with Crippen LogP contribution in [0.1, 0.15) is 43.7 Å². The van der Waals surface area contributed by atoms with Gasteiger partial charge in [-0.05, 0) is 49.4 Å². The summed E-state index contributed by atoms with van der Waals surface area (Å²) in [4.78, 5) is 2.60. The van der Waals surface area contributed by atoms with Crippen molar-refractivity contribution in [3.63, 3.8) is 0 Å². The average molecular weight is 288 g/mol. The number of nitrogens with one attached hydrogen (secondary N) is 1. The van der Waals surface area contributed by atoms with Crippen LogP contribution in [-0.4, -0.2) is 37.7 Å². The highest BCUT2D eigenvalue weighted by atomic mass is 16.5. The molecule has 3 aliphatic heterocycles. The van der Waals surface area contributed by atoms with Crippen molar-refractivity contribution in [2.24, 2.45) is 5.92 Å². The molecule has 116 valence electrons. The summed E-state index contributed by atoms with van der Waals surface area (Å²) >= 11 is 0. The molecule has 3 nitrogen and oxygen atoms in total. The quantitative estimate of drug-likeness (QED) is 0.901. The van der Waals surface area contributed by atoms with Crippen molar-refractivity contribution in [3.05, 3.63) is 29.3 Å². The highest BCUT2D eigenvalue weighted by molar-refractivity contribution is 5.38. The van der Waals surface area contributed by atoms with E-state index in [4.69, 9.17) is 4.74 Å². The van der Waals surface area contributed by atoms with Gasteiger partial charge in [0.1, 0.15) is 5.75 Å². The van der Waals surface area contributed by atoms with E-state index in [9.17, 15) is 0 Å². The van der Waals surface area contributed by atoms with Gasteiger partial charge in [0.2, 0.25) is 0 Å². The van der Waals surface area contributed by atoms with Crippen LogP contribution >= 0.6 is 0 Å². The summed E-state index contributed by atoms with van der Waals surface area (Å²) in [5.74, 6) is 2.44. The Bertz CT molecular complexity index is 478. The minimum absolute atomic E-state index is 0.562. The second-order valence-corrected chi connectivity index (χ2v) is 6.85. The van der Waals surface area contributed by atoms with Crippen molar-refractivity contribution in [1.29, 1.82) is 0 Å². The van der Waals surface area contributed by atoms with Crippen LogP contribution in [0.15, 0.2) is 18.2 Å². The van der Waals surface area contributed by atoms with E-state index in [2.05, 4.69) is 42.3 Å². The van der Waals surface area contributed by atoms with Crippen LogP contribution < -0.4 is 10.1 Å². The van der Waals surface area contributed by atoms with Crippen LogP contribution in [0, 0.1) is 5.92 Å². The molecule has 2 bridgehead atoms. The minimum atomic E-state index is 0.562. The molecule has 3 aliphatic rings. The van der Waals surface area contributed by atoms with Crippen molar-refractivity contribution in [2.45, 2.75) is 45.2 Å². The molecule has 0 aromatic heterocycles. The van der Waals surface area contributed by atoms with Crippen LogP contribution in [0.3, 0.4) is 0 Å². The molecule has 3 fully saturated rings. The van der Waals surface area contributed by atoms with Crippen molar-refractivity contribution >= 4 is 0 Å². The fraction of sp³-hybridized carbons (Fsp3) is 0.667. The SMILES string of the molecule is COc1ccc(C(C)C)cc1CNC1CN2CCC1CC2. The Balaban J connectivity index is 1.67. The van der Waals surface area contributed by atoms with Gasteiger partial charge in [-0.3, -0.25) is 0 Å². The summed E-state index contributed by atoms with van der Waals surface area (Å²) in [6.07, 6.45) is 2.72. The van der Waals surface area contributed by atoms with E-state index in [0.717, 1.165) is 18.2 Å². The summed E-state index contributed by atoms with van der Waals surface area (Å²) in [6, 6.07) is 7.25. The van der Waals surface area contributed by atoms with Crippen molar-refractivity contribution in [1.82, 2.24) is 10.2 Å². The predicted molar refractivity (Wildman–Crippen MR) is 86.9 cm³/mol. The lowest BCUT2D eigenvalue weighted by molar-refractivity contribution is 0.0719. The Morgan fingerprint density at radius 3 is 2.62 bits per heavy atom. The molecule has 0 saturated carbocycles. The molecule has 1 aromatic rings. The normalized spacial score (nSPS) is 28.1. The Morgan fingerprint density at radius 1 is 1.29 bits per heavy atom. The summed E-state index contributed by atoms with van der Waals surface area (Å²) in [7, 11) is 1.77. The zero-order valence-corrected chi connectivity index (χ0v) is 13.6. The molecule has 3 heterocycles. The zero-order valence-electron chi connectivity index (χ0n) is 13.6. The molecule has 1 unspecified atom stereocenters. The second-order valence-electron chi connectivity index (χ2n) is 6.85. The summed E-state index contributed by atoms with van der Waals surface area (Å²) < 4.78 is 5.53. The average Bonchev–Trinajstić information content (AvgIpc) is 2.53. The standard InChI is InChI=1S/C18H28N2O/c1-13(2)15-4-5-18(21-3)16(10-15)11-19-17-12-20-8-6-14(17)7-9-20/h4-5,10,13-14,17,19H,6-9,11-12H2,1-3H3. The van der Waals surface area contributed by atoms with Crippen LogP contribution in [0.4, 0.5) is 0 Å². The molecule has 0 spiro atoms. The van der Waals surface area contributed by atoms with E-state index in [1.807, 2.05) is 0 Å². The first-order chi connectivity index (χ1) is 10.2. The van der Waals surface area contributed by atoms with Crippen LogP contribution in [0.25, 0.3) is 0 Å². The molecule has 0 amide bonds. The van der Waals surface area contributed by atoms with Crippen molar-refractivity contribution in [3.8, 4) is 5.75 Å². The Hall–Kier alpha value is -1.06. The lowest BCUT2D eigenvalue weighted by atomic mass is 9.84. The lowest BCUT2D eigenvalue weighted by Gasteiger charge is -2.45. The number of methoxy groups -OCH3 is 1. The van der Waals surface area contributed by atoms with E-state index in [-0.39, 0.29) is 0 Å². The van der Waals surface area contributed by atoms with Gasteiger partial charge in [-0.15, -0.1) is 0 Å². The molecule has 3 saturated heterocycles. The molecule has 21 heavy (non-hydrogen) atoms. The van der Waals surface area contributed by atoms with Gasteiger partial charge in [0.25, 0.3) is 0 Å². The first-order valence-corrected chi connectivity index (χ1v) is 8.30. The zero-order chi connectivity index (χ0) is 14.8. The van der Waals surface area contributed by atoms with E-state index in [1.54, 1.807) is 7.11 Å². The van der Waals surface area contributed by atoms with Gasteiger partial charge < -0.3 is 15.0 Å². The van der Waals surface area contributed by atoms with Gasteiger partial charge >= 0.3 is 0 Å². The largest absolute Gasteiger partial charge is 0.496 e. The third-order valence-corrected chi connectivity index (χ3v) is 5.18. The number of hydrogen-bond donors (Lipinski definition) is 1. The molecule has 3 heteroatoms. The third kappa shape index (κ3) is 3.24. The maximum atomic E-state index is 5.53. The van der Waals surface area contributed by atoms with Gasteiger partial charge in [-0.1, -0.05) is 26.0 Å². The lowest BCUT2D eigenvalue weighted by Crippen LogP contribution is -2.55. The number of fused-ring (bicyclic) bond motifs is 3. The highest BCUT2D eigenvalue weighted by Crippen LogP contribution is 2.29. The highest BCUT2D eigenvalue weighted by Gasteiger charge is 2.33. The minimum Gasteiger partial charge on any atom is -0.496 e. The number of rotatable bonds is 5.